The van der Waals surface area contributed by atoms with E-state index in [1.165, 1.54) is 44.2 Å². The Morgan fingerprint density at radius 3 is 2.07 bits per heavy atom. The highest BCUT2D eigenvalue weighted by Crippen LogP contribution is 2.38. The molecule has 0 aliphatic carbocycles. The molecule has 2 aromatic carbocycles. The van der Waals surface area contributed by atoms with Crippen molar-refractivity contribution in [3.05, 3.63) is 69.8 Å². The zero-order chi connectivity index (χ0) is 21.8. The number of nitrogens with one attached hydrogen (secondary N) is 1. The molecule has 3 aromatic rings. The summed E-state index contributed by atoms with van der Waals surface area (Å²) in [7, 11) is 4.39. The lowest BCUT2D eigenvalue weighted by atomic mass is 10.1. The van der Waals surface area contributed by atoms with Crippen LogP contribution >= 0.6 is 0 Å². The molecule has 30 heavy (non-hydrogen) atoms. The maximum absolute atomic E-state index is 12.9. The molecule has 0 bridgehead atoms. The van der Waals surface area contributed by atoms with Gasteiger partial charge in [0.05, 0.1) is 21.3 Å². The first-order chi connectivity index (χ1) is 14.4. The average molecular weight is 409 g/mol. The summed E-state index contributed by atoms with van der Waals surface area (Å²) in [6.45, 7) is 3.91. The van der Waals surface area contributed by atoms with Crippen LogP contribution in [0, 0.1) is 13.8 Å². The van der Waals surface area contributed by atoms with Crippen LogP contribution in [-0.2, 0) is 0 Å². The highest BCUT2D eigenvalue weighted by Gasteiger charge is 2.18. The first kappa shape index (κ1) is 20.9. The number of hydrogen-bond donors (Lipinski definition) is 1. The Bertz CT molecular complexity index is 1110. The molecule has 0 saturated carbocycles. The number of anilines is 1. The lowest BCUT2D eigenvalue weighted by molar-refractivity contribution is 0.102. The van der Waals surface area contributed by atoms with E-state index in [4.69, 9.17) is 14.2 Å². The number of rotatable bonds is 6. The van der Waals surface area contributed by atoms with E-state index in [0.717, 1.165) is 11.1 Å². The van der Waals surface area contributed by atoms with Gasteiger partial charge < -0.3 is 19.5 Å². The second-order valence-corrected chi connectivity index (χ2v) is 6.67. The zero-order valence-electron chi connectivity index (χ0n) is 17.5. The minimum absolute atomic E-state index is 0.0876. The molecule has 0 atom stereocenters. The summed E-state index contributed by atoms with van der Waals surface area (Å²) in [6, 6.07) is 8.80. The maximum atomic E-state index is 12.9. The maximum Gasteiger partial charge on any atom is 0.298 e. The molecule has 8 heteroatoms. The van der Waals surface area contributed by atoms with E-state index >= 15 is 0 Å². The molecule has 0 fully saturated rings. The van der Waals surface area contributed by atoms with Gasteiger partial charge in [0.15, 0.2) is 17.3 Å². The van der Waals surface area contributed by atoms with Crippen molar-refractivity contribution >= 4 is 11.7 Å². The van der Waals surface area contributed by atoms with E-state index in [0.29, 0.717) is 22.9 Å². The van der Waals surface area contributed by atoms with Crippen LogP contribution < -0.4 is 25.1 Å². The summed E-state index contributed by atoms with van der Waals surface area (Å²) >= 11 is 0. The third-order valence-electron chi connectivity index (χ3n) is 4.48. The van der Waals surface area contributed by atoms with Gasteiger partial charge in [0.2, 0.25) is 5.75 Å². The van der Waals surface area contributed by atoms with Crippen LogP contribution in [-0.4, -0.2) is 36.8 Å². The number of methoxy groups -OCH3 is 3. The topological polar surface area (TPSA) is 91.7 Å². The van der Waals surface area contributed by atoms with Gasteiger partial charge in [-0.05, 0) is 49.2 Å². The molecule has 0 saturated heterocycles. The first-order valence-electron chi connectivity index (χ1n) is 9.15. The van der Waals surface area contributed by atoms with Crippen molar-refractivity contribution in [2.24, 2.45) is 0 Å². The van der Waals surface area contributed by atoms with E-state index in [1.54, 1.807) is 6.20 Å². The number of benzene rings is 2. The molecule has 0 aliphatic rings. The predicted octanol–water partition coefficient (Wildman–Crippen LogP) is 3.13. The van der Waals surface area contributed by atoms with Crippen molar-refractivity contribution < 1.29 is 19.0 Å². The Labute approximate surface area is 174 Å². The van der Waals surface area contributed by atoms with Crippen LogP contribution in [0.4, 0.5) is 5.82 Å². The lowest BCUT2D eigenvalue weighted by Crippen LogP contribution is -2.26. The SMILES string of the molecule is COc1cc(C(=O)Nc2nccn(-c3cc(C)cc(C)c3)c2=O)cc(OC)c1OC. The standard InChI is InChI=1S/C22H23N3O5/c1-13-8-14(2)10-16(9-13)25-7-6-23-20(22(25)27)24-21(26)15-11-17(28-3)19(30-5)18(12-15)29-4/h6-12H,1-5H3,(H,23,24,26). The van der Waals surface area contributed by atoms with Gasteiger partial charge in [-0.25, -0.2) is 4.98 Å². The molecule has 1 heterocycles. The van der Waals surface area contributed by atoms with Gasteiger partial charge in [-0.15, -0.1) is 0 Å². The summed E-state index contributed by atoms with van der Waals surface area (Å²) in [4.78, 5) is 29.8. The monoisotopic (exact) mass is 409 g/mol. The number of aryl methyl sites for hydroxylation is 2. The fraction of sp³-hybridized carbons (Fsp3) is 0.227. The molecule has 0 unspecified atom stereocenters. The molecule has 1 amide bonds. The van der Waals surface area contributed by atoms with Crippen molar-refractivity contribution in [1.82, 2.24) is 9.55 Å². The van der Waals surface area contributed by atoms with E-state index < -0.39 is 11.5 Å². The van der Waals surface area contributed by atoms with Gasteiger partial charge in [-0.2, -0.15) is 0 Å². The van der Waals surface area contributed by atoms with Crippen LogP contribution in [0.1, 0.15) is 21.5 Å². The second kappa shape index (κ2) is 8.69. The van der Waals surface area contributed by atoms with Crippen LogP contribution in [0.2, 0.25) is 0 Å². The van der Waals surface area contributed by atoms with Crippen LogP contribution in [0.5, 0.6) is 17.2 Å². The van der Waals surface area contributed by atoms with Gasteiger partial charge in [0, 0.05) is 23.6 Å². The molecule has 156 valence electrons. The number of hydrogen-bond acceptors (Lipinski definition) is 6. The third-order valence-corrected chi connectivity index (χ3v) is 4.48. The Balaban J connectivity index is 1.98. The van der Waals surface area contributed by atoms with E-state index in [1.807, 2.05) is 32.0 Å². The number of carbonyl (C=O) groups excluding carboxylic acids is 1. The molecular formula is C22H23N3O5. The summed E-state index contributed by atoms with van der Waals surface area (Å²) in [5.41, 5.74) is 2.53. The molecular weight excluding hydrogens is 386 g/mol. The molecule has 0 spiro atoms. The fourth-order valence-corrected chi connectivity index (χ4v) is 3.18. The summed E-state index contributed by atoms with van der Waals surface area (Å²) in [6.07, 6.45) is 3.02. The molecule has 0 radical (unpaired) electrons. The van der Waals surface area contributed by atoms with Gasteiger partial charge in [0.25, 0.3) is 11.5 Å². The number of amides is 1. The summed E-state index contributed by atoms with van der Waals surface area (Å²) in [5.74, 6) is 0.408. The molecule has 0 aliphatic heterocycles. The van der Waals surface area contributed by atoms with Crippen molar-refractivity contribution in [2.45, 2.75) is 13.8 Å². The summed E-state index contributed by atoms with van der Waals surface area (Å²) in [5, 5.41) is 2.57. The Morgan fingerprint density at radius 2 is 1.53 bits per heavy atom. The molecule has 1 aromatic heterocycles. The highest BCUT2D eigenvalue weighted by molar-refractivity contribution is 6.04. The van der Waals surface area contributed by atoms with Crippen molar-refractivity contribution in [1.29, 1.82) is 0 Å². The van der Waals surface area contributed by atoms with Crippen LogP contribution in [0.25, 0.3) is 5.69 Å². The Morgan fingerprint density at radius 1 is 0.933 bits per heavy atom. The largest absolute Gasteiger partial charge is 0.493 e. The number of nitrogens with zero attached hydrogens (tertiary/aromatic N) is 2. The predicted molar refractivity (Wildman–Crippen MR) is 113 cm³/mol. The van der Waals surface area contributed by atoms with Crippen LogP contribution in [0.3, 0.4) is 0 Å². The van der Waals surface area contributed by atoms with Gasteiger partial charge in [-0.3, -0.25) is 14.2 Å². The van der Waals surface area contributed by atoms with E-state index in [-0.39, 0.29) is 11.4 Å². The zero-order valence-corrected chi connectivity index (χ0v) is 17.5. The number of aromatic nitrogens is 2. The van der Waals surface area contributed by atoms with Gasteiger partial charge in [-0.1, -0.05) is 6.07 Å². The summed E-state index contributed by atoms with van der Waals surface area (Å²) < 4.78 is 17.3. The number of carbonyl (C=O) groups is 1. The normalized spacial score (nSPS) is 10.4. The van der Waals surface area contributed by atoms with Gasteiger partial charge in [0.1, 0.15) is 0 Å². The quantitative estimate of drug-likeness (QED) is 0.673. The molecule has 8 nitrogen and oxygen atoms in total. The third kappa shape index (κ3) is 4.12. The minimum Gasteiger partial charge on any atom is -0.493 e. The fourth-order valence-electron chi connectivity index (χ4n) is 3.18. The van der Waals surface area contributed by atoms with Crippen molar-refractivity contribution in [3.63, 3.8) is 0 Å². The average Bonchev–Trinajstić information content (AvgIpc) is 2.73. The minimum atomic E-state index is -0.531. The second-order valence-electron chi connectivity index (χ2n) is 6.67. The van der Waals surface area contributed by atoms with E-state index in [9.17, 15) is 9.59 Å². The molecule has 3 rings (SSSR count). The number of ether oxygens (including phenoxy) is 3. The Hall–Kier alpha value is -3.81. The molecule has 1 N–H and O–H groups in total. The van der Waals surface area contributed by atoms with Crippen LogP contribution in [0.15, 0.2) is 47.5 Å². The lowest BCUT2D eigenvalue weighted by Gasteiger charge is -2.14. The first-order valence-corrected chi connectivity index (χ1v) is 9.15. The van der Waals surface area contributed by atoms with Gasteiger partial charge >= 0.3 is 0 Å². The Kier molecular flexibility index (Phi) is 6.06. The smallest absolute Gasteiger partial charge is 0.298 e. The van der Waals surface area contributed by atoms with E-state index in [2.05, 4.69) is 10.3 Å². The highest BCUT2D eigenvalue weighted by atomic mass is 16.5. The van der Waals surface area contributed by atoms with Crippen molar-refractivity contribution in [3.8, 4) is 22.9 Å². The van der Waals surface area contributed by atoms with Crippen molar-refractivity contribution in [2.75, 3.05) is 26.6 Å².